The van der Waals surface area contributed by atoms with E-state index in [1.165, 1.54) is 6.07 Å². The average molecular weight is 266 g/mol. The molecule has 1 rings (SSSR count). The van der Waals surface area contributed by atoms with Crippen molar-refractivity contribution in [3.63, 3.8) is 0 Å². The van der Waals surface area contributed by atoms with Gasteiger partial charge in [-0.1, -0.05) is 19.8 Å². The molecule has 0 aliphatic rings. The zero-order chi connectivity index (χ0) is 14.3. The van der Waals surface area contributed by atoms with E-state index in [0.717, 1.165) is 25.5 Å². The molecule has 0 unspecified atom stereocenters. The normalized spacial score (nSPS) is 10.0. The highest BCUT2D eigenvalue weighted by atomic mass is 16.6. The van der Waals surface area contributed by atoms with Crippen molar-refractivity contribution in [2.45, 2.75) is 26.2 Å². The molecule has 19 heavy (non-hydrogen) atoms. The zero-order valence-electron chi connectivity index (χ0n) is 11.1. The number of nitrogens with one attached hydrogen (secondary N) is 2. The highest BCUT2D eigenvalue weighted by Crippen LogP contribution is 2.19. The zero-order valence-corrected chi connectivity index (χ0v) is 11.1. The molecule has 1 heterocycles. The van der Waals surface area contributed by atoms with Gasteiger partial charge in [0.05, 0.1) is 4.92 Å². The van der Waals surface area contributed by atoms with Crippen molar-refractivity contribution < 1.29 is 9.72 Å². The fourth-order valence-electron chi connectivity index (χ4n) is 1.58. The lowest BCUT2D eigenvalue weighted by molar-refractivity contribution is -0.385. The average Bonchev–Trinajstić information content (AvgIpc) is 2.42. The summed E-state index contributed by atoms with van der Waals surface area (Å²) in [5.41, 5.74) is -0.257. The lowest BCUT2D eigenvalue weighted by Gasteiger charge is -2.07. The predicted octanol–water partition coefficient (Wildman–Crippen LogP) is 1.95. The lowest BCUT2D eigenvalue weighted by atomic mass is 10.2. The predicted molar refractivity (Wildman–Crippen MR) is 72.3 cm³/mol. The van der Waals surface area contributed by atoms with Gasteiger partial charge < -0.3 is 10.6 Å². The molecule has 1 amide bonds. The van der Waals surface area contributed by atoms with Gasteiger partial charge in [0.1, 0.15) is 17.6 Å². The molecule has 0 saturated heterocycles. The Morgan fingerprint density at radius 1 is 1.47 bits per heavy atom. The summed E-state index contributed by atoms with van der Waals surface area (Å²) in [5.74, 6) is -0.0222. The van der Waals surface area contributed by atoms with Crippen molar-refractivity contribution >= 4 is 17.4 Å². The first-order valence-electron chi connectivity index (χ1n) is 6.20. The summed E-state index contributed by atoms with van der Waals surface area (Å²) in [5, 5.41) is 16.3. The quantitative estimate of drug-likeness (QED) is 0.446. The Morgan fingerprint density at radius 3 is 2.79 bits per heavy atom. The Bertz CT molecular complexity index is 462. The fraction of sp³-hybridized carbons (Fsp3) is 0.500. The van der Waals surface area contributed by atoms with Crippen LogP contribution in [0.15, 0.2) is 12.3 Å². The SMILES string of the molecule is CCCCCNC(=O)c1cc(NC)ncc1[N+](=O)[O-]. The van der Waals surface area contributed by atoms with Crippen LogP contribution in [0.1, 0.15) is 36.5 Å². The number of nitro groups is 1. The third-order valence-corrected chi connectivity index (χ3v) is 2.65. The second-order valence-corrected chi connectivity index (χ2v) is 4.06. The molecule has 0 atom stereocenters. The summed E-state index contributed by atoms with van der Waals surface area (Å²) in [4.78, 5) is 26.0. The number of anilines is 1. The van der Waals surface area contributed by atoms with Gasteiger partial charge in [-0.15, -0.1) is 0 Å². The summed E-state index contributed by atoms with van der Waals surface area (Å²) in [7, 11) is 1.64. The highest BCUT2D eigenvalue weighted by molar-refractivity contribution is 5.98. The molecule has 0 aliphatic heterocycles. The minimum atomic E-state index is -0.604. The van der Waals surface area contributed by atoms with E-state index in [4.69, 9.17) is 0 Å². The van der Waals surface area contributed by atoms with Crippen LogP contribution in [0.4, 0.5) is 11.5 Å². The van der Waals surface area contributed by atoms with Crippen LogP contribution in [0.25, 0.3) is 0 Å². The molecule has 1 aromatic heterocycles. The summed E-state index contributed by atoms with van der Waals surface area (Å²) in [6.45, 7) is 2.58. The molecule has 0 fully saturated rings. The van der Waals surface area contributed by atoms with E-state index < -0.39 is 10.8 Å². The Hall–Kier alpha value is -2.18. The number of nitrogens with zero attached hydrogens (tertiary/aromatic N) is 2. The van der Waals surface area contributed by atoms with Crippen LogP contribution >= 0.6 is 0 Å². The van der Waals surface area contributed by atoms with Crippen LogP contribution in [0.3, 0.4) is 0 Å². The van der Waals surface area contributed by atoms with Gasteiger partial charge in [0.15, 0.2) is 0 Å². The molecule has 0 bridgehead atoms. The minimum Gasteiger partial charge on any atom is -0.373 e. The van der Waals surface area contributed by atoms with E-state index in [-0.39, 0.29) is 11.3 Å². The summed E-state index contributed by atoms with van der Waals surface area (Å²) >= 11 is 0. The van der Waals surface area contributed by atoms with Crippen LogP contribution in [0.5, 0.6) is 0 Å². The maximum atomic E-state index is 11.9. The van der Waals surface area contributed by atoms with Gasteiger partial charge >= 0.3 is 0 Å². The van der Waals surface area contributed by atoms with Crippen LogP contribution in [0, 0.1) is 10.1 Å². The molecule has 0 radical (unpaired) electrons. The van der Waals surface area contributed by atoms with Gasteiger partial charge in [-0.2, -0.15) is 0 Å². The van der Waals surface area contributed by atoms with E-state index in [2.05, 4.69) is 22.5 Å². The van der Waals surface area contributed by atoms with Gasteiger partial charge in [0.2, 0.25) is 0 Å². The van der Waals surface area contributed by atoms with Crippen LogP contribution in [-0.4, -0.2) is 29.4 Å². The van der Waals surface area contributed by atoms with Gasteiger partial charge in [0.25, 0.3) is 11.6 Å². The second kappa shape index (κ2) is 7.30. The van der Waals surface area contributed by atoms with Gasteiger partial charge in [-0.05, 0) is 6.42 Å². The molecular formula is C12H18N4O3. The van der Waals surface area contributed by atoms with E-state index >= 15 is 0 Å². The Morgan fingerprint density at radius 2 is 2.21 bits per heavy atom. The standard InChI is InChI=1S/C12H18N4O3/c1-3-4-5-6-14-12(17)9-7-11(13-2)15-8-10(9)16(18)19/h7-8H,3-6H2,1-2H3,(H,13,15)(H,14,17). The van der Waals surface area contributed by atoms with Gasteiger partial charge in [-0.3, -0.25) is 14.9 Å². The molecule has 7 heteroatoms. The third-order valence-electron chi connectivity index (χ3n) is 2.65. The summed E-state index contributed by atoms with van der Waals surface area (Å²) in [6, 6.07) is 1.38. The van der Waals surface area contributed by atoms with Crippen molar-refractivity contribution in [1.82, 2.24) is 10.3 Å². The minimum absolute atomic E-state index is 0.0286. The van der Waals surface area contributed by atoms with Crippen LogP contribution in [0.2, 0.25) is 0 Å². The first-order valence-corrected chi connectivity index (χ1v) is 6.20. The molecule has 104 valence electrons. The van der Waals surface area contributed by atoms with Crippen molar-refractivity contribution in [3.05, 3.63) is 27.9 Å². The largest absolute Gasteiger partial charge is 0.373 e. The number of unbranched alkanes of at least 4 members (excludes halogenated alkanes) is 2. The Labute approximate surface area is 111 Å². The van der Waals surface area contributed by atoms with E-state index in [0.29, 0.717) is 12.4 Å². The molecule has 0 aliphatic carbocycles. The van der Waals surface area contributed by atoms with Crippen molar-refractivity contribution in [2.24, 2.45) is 0 Å². The van der Waals surface area contributed by atoms with Crippen molar-refractivity contribution in [3.8, 4) is 0 Å². The Kier molecular flexibility index (Phi) is 5.72. The number of rotatable bonds is 7. The molecule has 7 nitrogen and oxygen atoms in total. The summed E-state index contributed by atoms with van der Waals surface area (Å²) in [6.07, 6.45) is 4.02. The lowest BCUT2D eigenvalue weighted by Crippen LogP contribution is -2.25. The first kappa shape index (κ1) is 14.9. The molecule has 0 aromatic carbocycles. The second-order valence-electron chi connectivity index (χ2n) is 4.06. The van der Waals surface area contributed by atoms with E-state index in [1.54, 1.807) is 7.05 Å². The molecule has 2 N–H and O–H groups in total. The molecule has 0 saturated carbocycles. The molecule has 1 aromatic rings. The van der Waals surface area contributed by atoms with Crippen LogP contribution in [-0.2, 0) is 0 Å². The third kappa shape index (κ3) is 4.20. The Balaban J connectivity index is 2.83. The smallest absolute Gasteiger partial charge is 0.300 e. The van der Waals surface area contributed by atoms with Gasteiger partial charge in [-0.25, -0.2) is 4.98 Å². The van der Waals surface area contributed by atoms with Gasteiger partial charge in [0, 0.05) is 19.7 Å². The number of hydrogen-bond donors (Lipinski definition) is 2. The summed E-state index contributed by atoms with van der Waals surface area (Å²) < 4.78 is 0. The number of amides is 1. The number of carbonyl (C=O) groups is 1. The van der Waals surface area contributed by atoms with Crippen LogP contribution < -0.4 is 10.6 Å². The molecule has 0 spiro atoms. The van der Waals surface area contributed by atoms with E-state index in [9.17, 15) is 14.9 Å². The highest BCUT2D eigenvalue weighted by Gasteiger charge is 2.21. The topological polar surface area (TPSA) is 97.2 Å². The van der Waals surface area contributed by atoms with E-state index in [1.807, 2.05) is 0 Å². The van der Waals surface area contributed by atoms with Crippen molar-refractivity contribution in [1.29, 1.82) is 0 Å². The first-order chi connectivity index (χ1) is 9.10. The maximum absolute atomic E-state index is 11.9. The van der Waals surface area contributed by atoms with Crippen molar-refractivity contribution in [2.75, 3.05) is 18.9 Å². The monoisotopic (exact) mass is 266 g/mol. The molecular weight excluding hydrogens is 248 g/mol. The fourth-order valence-corrected chi connectivity index (χ4v) is 1.58. The maximum Gasteiger partial charge on any atom is 0.300 e. The number of carbonyl (C=O) groups excluding carboxylic acids is 1. The number of hydrogen-bond acceptors (Lipinski definition) is 5. The number of aromatic nitrogens is 1. The number of pyridine rings is 1.